The predicted octanol–water partition coefficient (Wildman–Crippen LogP) is 3.83. The van der Waals surface area contributed by atoms with Crippen LogP contribution in [0.3, 0.4) is 0 Å². The first-order chi connectivity index (χ1) is 9.24. The largest absolute Gasteiger partial charge is 0.472 e. The topological polar surface area (TPSA) is 27.1 Å². The summed E-state index contributed by atoms with van der Waals surface area (Å²) in [4.78, 5) is 1.30. The average Bonchev–Trinajstić information content (AvgIpc) is 2.83. The zero-order chi connectivity index (χ0) is 13.7. The van der Waals surface area contributed by atoms with Crippen LogP contribution in [0.1, 0.15) is 25.0 Å². The van der Waals surface area contributed by atoms with Gasteiger partial charge in [-0.2, -0.15) is 0 Å². The van der Waals surface area contributed by atoms with Gasteiger partial charge in [-0.25, -0.2) is 4.09 Å². The molecule has 0 aliphatic heterocycles. The zero-order valence-electron chi connectivity index (χ0n) is 11.2. The van der Waals surface area contributed by atoms with Crippen molar-refractivity contribution >= 4 is 24.6 Å². The van der Waals surface area contributed by atoms with E-state index in [1.54, 1.807) is 6.20 Å². The molecular formula is C14H18N2OS2. The number of thioether (sulfide) groups is 1. The number of benzene rings is 1. The van der Waals surface area contributed by atoms with E-state index in [0.29, 0.717) is 12.5 Å². The van der Waals surface area contributed by atoms with Crippen LogP contribution in [-0.4, -0.2) is 14.9 Å². The van der Waals surface area contributed by atoms with Gasteiger partial charge in [0.2, 0.25) is 5.88 Å². The van der Waals surface area contributed by atoms with E-state index in [1.807, 2.05) is 17.8 Å². The molecule has 0 bridgehead atoms. The normalized spacial score (nSPS) is 10.7. The second kappa shape index (κ2) is 6.91. The van der Waals surface area contributed by atoms with Gasteiger partial charge in [0.25, 0.3) is 0 Å². The number of hydrogen-bond donors (Lipinski definition) is 1. The quantitative estimate of drug-likeness (QED) is 0.648. The van der Waals surface area contributed by atoms with E-state index < -0.39 is 0 Å². The summed E-state index contributed by atoms with van der Waals surface area (Å²) in [6.07, 6.45) is 2.77. The molecule has 0 unspecified atom stereocenters. The number of aromatic nitrogens is 2. The van der Waals surface area contributed by atoms with E-state index >= 15 is 0 Å². The van der Waals surface area contributed by atoms with Crippen LogP contribution in [0, 0.1) is 0 Å². The van der Waals surface area contributed by atoms with Crippen molar-refractivity contribution in [3.8, 4) is 5.88 Å². The van der Waals surface area contributed by atoms with Gasteiger partial charge in [-0.15, -0.1) is 16.9 Å². The van der Waals surface area contributed by atoms with Gasteiger partial charge in [0, 0.05) is 22.7 Å². The number of rotatable bonds is 6. The van der Waals surface area contributed by atoms with Gasteiger partial charge < -0.3 is 4.74 Å². The van der Waals surface area contributed by atoms with Crippen LogP contribution < -0.4 is 4.74 Å². The van der Waals surface area contributed by atoms with Crippen LogP contribution in [0.4, 0.5) is 0 Å². The molecule has 0 N–H and O–H groups in total. The number of aryl methyl sites for hydroxylation is 1. The first kappa shape index (κ1) is 14.3. The molecule has 0 saturated heterocycles. The Bertz CT molecular complexity index is 540. The molecule has 0 atom stereocenters. The predicted molar refractivity (Wildman–Crippen MR) is 83.2 cm³/mol. The third kappa shape index (κ3) is 3.70. The standard InChI is InChI=1S/C14H18N2OS2/c1-3-11-6-5-7-13(19-4-2)12(11)10-17-14-8-9-16(18)15-14/h5-9,18H,3-4,10H2,1-2H3. The lowest BCUT2D eigenvalue weighted by atomic mass is 10.1. The molecule has 1 heterocycles. The van der Waals surface area contributed by atoms with Crippen LogP contribution in [0.25, 0.3) is 0 Å². The Hall–Kier alpha value is -1.07. The van der Waals surface area contributed by atoms with Gasteiger partial charge in [-0.3, -0.25) is 0 Å². The molecule has 0 spiro atoms. The Kier molecular flexibility index (Phi) is 5.22. The summed E-state index contributed by atoms with van der Waals surface area (Å²) in [7, 11) is 0. The monoisotopic (exact) mass is 294 g/mol. The molecule has 2 rings (SSSR count). The molecule has 0 aliphatic carbocycles. The van der Waals surface area contributed by atoms with Crippen LogP contribution in [0.2, 0.25) is 0 Å². The second-order valence-corrected chi connectivity index (χ2v) is 5.76. The fourth-order valence-corrected chi connectivity index (χ4v) is 2.92. The minimum absolute atomic E-state index is 0.553. The van der Waals surface area contributed by atoms with E-state index in [-0.39, 0.29) is 0 Å². The number of thiol groups is 1. The van der Waals surface area contributed by atoms with Crippen molar-refractivity contribution in [3.63, 3.8) is 0 Å². The maximum atomic E-state index is 5.75. The van der Waals surface area contributed by atoms with E-state index in [4.69, 9.17) is 4.74 Å². The summed E-state index contributed by atoms with van der Waals surface area (Å²) in [5.74, 6) is 1.67. The van der Waals surface area contributed by atoms with Crippen molar-refractivity contribution in [2.75, 3.05) is 5.75 Å². The van der Waals surface area contributed by atoms with Crippen molar-refractivity contribution in [1.29, 1.82) is 0 Å². The van der Waals surface area contributed by atoms with E-state index in [2.05, 4.69) is 50.0 Å². The first-order valence-electron chi connectivity index (χ1n) is 6.35. The maximum Gasteiger partial charge on any atom is 0.234 e. The lowest BCUT2D eigenvalue weighted by Gasteiger charge is -2.13. The highest BCUT2D eigenvalue weighted by atomic mass is 32.2. The van der Waals surface area contributed by atoms with Gasteiger partial charge in [-0.05, 0) is 36.6 Å². The van der Waals surface area contributed by atoms with Crippen molar-refractivity contribution in [1.82, 2.24) is 9.19 Å². The second-order valence-electron chi connectivity index (χ2n) is 4.04. The van der Waals surface area contributed by atoms with Crippen molar-refractivity contribution in [2.45, 2.75) is 31.8 Å². The molecule has 19 heavy (non-hydrogen) atoms. The Morgan fingerprint density at radius 3 is 2.79 bits per heavy atom. The van der Waals surface area contributed by atoms with Crippen molar-refractivity contribution < 1.29 is 4.74 Å². The molecule has 0 saturated carbocycles. The highest BCUT2D eigenvalue weighted by Crippen LogP contribution is 2.27. The average molecular weight is 294 g/mol. The van der Waals surface area contributed by atoms with Gasteiger partial charge >= 0.3 is 0 Å². The fourth-order valence-electron chi connectivity index (χ4n) is 1.92. The fraction of sp³-hybridized carbons (Fsp3) is 0.357. The summed E-state index contributed by atoms with van der Waals surface area (Å²) in [5, 5.41) is 4.11. The van der Waals surface area contributed by atoms with Crippen molar-refractivity contribution in [3.05, 3.63) is 41.6 Å². The summed E-state index contributed by atoms with van der Waals surface area (Å²) in [6, 6.07) is 8.25. The smallest absolute Gasteiger partial charge is 0.234 e. The SMILES string of the molecule is CCSc1cccc(CC)c1COc1ccn(S)n1. The summed E-state index contributed by atoms with van der Waals surface area (Å²) in [6.45, 7) is 4.88. The van der Waals surface area contributed by atoms with Crippen LogP contribution >= 0.6 is 24.6 Å². The van der Waals surface area contributed by atoms with Gasteiger partial charge in [0.1, 0.15) is 6.61 Å². The van der Waals surface area contributed by atoms with Crippen LogP contribution in [0.15, 0.2) is 35.4 Å². The Morgan fingerprint density at radius 1 is 1.32 bits per heavy atom. The molecule has 0 radical (unpaired) electrons. The Balaban J connectivity index is 2.17. The third-order valence-electron chi connectivity index (χ3n) is 2.83. The minimum atomic E-state index is 0.553. The highest BCUT2D eigenvalue weighted by molar-refractivity contribution is 7.99. The van der Waals surface area contributed by atoms with Crippen LogP contribution in [-0.2, 0) is 13.0 Å². The van der Waals surface area contributed by atoms with E-state index in [9.17, 15) is 0 Å². The lowest BCUT2D eigenvalue weighted by Crippen LogP contribution is -2.02. The number of ether oxygens (including phenoxy) is 1. The highest BCUT2D eigenvalue weighted by Gasteiger charge is 2.09. The van der Waals surface area contributed by atoms with Crippen molar-refractivity contribution in [2.24, 2.45) is 0 Å². The number of hydrogen-bond acceptors (Lipinski definition) is 4. The molecule has 0 aliphatic rings. The van der Waals surface area contributed by atoms with Gasteiger partial charge in [0.05, 0.1) is 0 Å². The van der Waals surface area contributed by atoms with Gasteiger partial charge in [-0.1, -0.05) is 26.0 Å². The lowest BCUT2D eigenvalue weighted by molar-refractivity contribution is 0.289. The first-order valence-corrected chi connectivity index (χ1v) is 7.74. The molecule has 1 aromatic heterocycles. The minimum Gasteiger partial charge on any atom is -0.472 e. The molecule has 2 aromatic rings. The molecule has 1 aromatic carbocycles. The molecule has 5 heteroatoms. The van der Waals surface area contributed by atoms with E-state index in [0.717, 1.165) is 12.2 Å². The number of nitrogens with zero attached hydrogens (tertiary/aromatic N) is 2. The molecule has 3 nitrogen and oxygen atoms in total. The molecule has 0 fully saturated rings. The van der Waals surface area contributed by atoms with Gasteiger partial charge in [0.15, 0.2) is 0 Å². The summed E-state index contributed by atoms with van der Waals surface area (Å²) in [5.41, 5.74) is 2.61. The van der Waals surface area contributed by atoms with E-state index in [1.165, 1.54) is 20.1 Å². The van der Waals surface area contributed by atoms with Crippen LogP contribution in [0.5, 0.6) is 5.88 Å². The Labute approximate surface area is 123 Å². The molecule has 102 valence electrons. The maximum absolute atomic E-state index is 5.75. The zero-order valence-corrected chi connectivity index (χ0v) is 12.9. The summed E-state index contributed by atoms with van der Waals surface area (Å²) < 4.78 is 7.20. The summed E-state index contributed by atoms with van der Waals surface area (Å²) >= 11 is 5.95. The molecular weight excluding hydrogens is 276 g/mol. The Morgan fingerprint density at radius 2 is 2.16 bits per heavy atom. The molecule has 0 amide bonds. The third-order valence-corrected chi connectivity index (χ3v) is 4.03.